The Kier molecular flexibility index (Phi) is 4.09. The highest BCUT2D eigenvalue weighted by Gasteiger charge is 2.37. The molecule has 1 fully saturated rings. The fourth-order valence-electron chi connectivity index (χ4n) is 3.08. The van der Waals surface area contributed by atoms with Gasteiger partial charge in [-0.05, 0) is 25.0 Å². The molecule has 1 aliphatic rings. The molecule has 3 aromatic heterocycles. The molecule has 0 radical (unpaired) electrons. The maximum absolute atomic E-state index is 13.3. The highest BCUT2D eigenvalue weighted by molar-refractivity contribution is 5.74. The number of hydrogen-bond acceptors (Lipinski definition) is 6. The number of imidazole rings is 1. The second-order valence-corrected chi connectivity index (χ2v) is 6.11. The molecule has 136 valence electrons. The van der Waals surface area contributed by atoms with Gasteiger partial charge in [0.15, 0.2) is 11.3 Å². The summed E-state index contributed by atoms with van der Waals surface area (Å²) in [5.74, 6) is 0.0688. The molecule has 4 rings (SSSR count). The first-order chi connectivity index (χ1) is 12.5. The van der Waals surface area contributed by atoms with Gasteiger partial charge in [0.25, 0.3) is 0 Å². The Morgan fingerprint density at radius 2 is 1.85 bits per heavy atom. The van der Waals surface area contributed by atoms with Gasteiger partial charge in [-0.3, -0.25) is 4.98 Å². The lowest BCUT2D eigenvalue weighted by atomic mass is 10.1. The third-order valence-corrected chi connectivity index (χ3v) is 4.37. The Bertz CT molecular complexity index is 886. The van der Waals surface area contributed by atoms with E-state index in [-0.39, 0.29) is 23.2 Å². The number of rotatable bonds is 3. The zero-order chi connectivity index (χ0) is 18.1. The van der Waals surface area contributed by atoms with Gasteiger partial charge in [-0.2, -0.15) is 18.2 Å². The number of fused-ring (bicyclic) bond motifs is 1. The van der Waals surface area contributed by atoms with E-state index in [1.54, 1.807) is 17.3 Å². The van der Waals surface area contributed by atoms with E-state index in [1.165, 1.54) is 6.33 Å². The molecule has 0 saturated carbocycles. The molecule has 0 amide bonds. The first kappa shape index (κ1) is 16.6. The topological polar surface area (TPSA) is 82.6 Å². The van der Waals surface area contributed by atoms with E-state index < -0.39 is 11.9 Å². The number of alkyl halides is 3. The Balaban J connectivity index is 1.51. The maximum atomic E-state index is 13.3. The van der Waals surface area contributed by atoms with Crippen molar-refractivity contribution in [3.05, 3.63) is 36.5 Å². The first-order valence-electron chi connectivity index (χ1n) is 8.20. The van der Waals surface area contributed by atoms with Crippen LogP contribution in [0.5, 0.6) is 0 Å². The minimum absolute atomic E-state index is 0.0272. The highest BCUT2D eigenvalue weighted by atomic mass is 19.4. The van der Waals surface area contributed by atoms with Crippen LogP contribution in [0.25, 0.3) is 11.2 Å². The molecule has 1 saturated heterocycles. The van der Waals surface area contributed by atoms with Gasteiger partial charge in [0.2, 0.25) is 5.95 Å². The molecule has 0 spiro atoms. The summed E-state index contributed by atoms with van der Waals surface area (Å²) in [6.07, 6.45) is 1.59. The standard InChI is InChI=1S/C16H16F3N7/c17-16(18,19)13-12-14(22-9-21-12)25-15(24-13)26-7-3-11(4-8-26)23-10-1-5-20-6-2-10/h1-2,5-6,9,11H,3-4,7-8H2,(H,20,23)(H,21,22,24,25). The molecule has 10 heteroatoms. The van der Waals surface area contributed by atoms with Gasteiger partial charge >= 0.3 is 6.18 Å². The molecule has 0 aliphatic carbocycles. The van der Waals surface area contributed by atoms with Gasteiger partial charge in [-0.25, -0.2) is 9.97 Å². The second kappa shape index (κ2) is 6.43. The monoisotopic (exact) mass is 363 g/mol. The van der Waals surface area contributed by atoms with Crippen LogP contribution in [0.4, 0.5) is 24.8 Å². The lowest BCUT2D eigenvalue weighted by Crippen LogP contribution is -2.40. The highest BCUT2D eigenvalue weighted by Crippen LogP contribution is 2.33. The van der Waals surface area contributed by atoms with E-state index in [9.17, 15) is 13.2 Å². The maximum Gasteiger partial charge on any atom is 0.435 e. The molecule has 7 nitrogen and oxygen atoms in total. The number of aromatic nitrogens is 5. The van der Waals surface area contributed by atoms with Crippen LogP contribution in [-0.4, -0.2) is 44.1 Å². The lowest BCUT2D eigenvalue weighted by Gasteiger charge is -2.33. The number of hydrogen-bond donors (Lipinski definition) is 2. The van der Waals surface area contributed by atoms with Crippen LogP contribution in [-0.2, 0) is 6.18 Å². The van der Waals surface area contributed by atoms with Crippen LogP contribution in [0.3, 0.4) is 0 Å². The van der Waals surface area contributed by atoms with Crippen molar-refractivity contribution in [2.45, 2.75) is 25.1 Å². The smallest absolute Gasteiger partial charge is 0.382 e. The number of nitrogens with one attached hydrogen (secondary N) is 2. The van der Waals surface area contributed by atoms with E-state index in [1.807, 2.05) is 12.1 Å². The SMILES string of the molecule is FC(F)(F)c1nc(N2CCC(Nc3ccncc3)CC2)nc2nc[nH]c12. The zero-order valence-corrected chi connectivity index (χ0v) is 13.7. The predicted octanol–water partition coefficient (Wildman–Crippen LogP) is 2.85. The summed E-state index contributed by atoms with van der Waals surface area (Å²) in [6, 6.07) is 4.01. The molecule has 0 atom stereocenters. The number of pyridine rings is 1. The minimum Gasteiger partial charge on any atom is -0.382 e. The normalized spacial score (nSPS) is 16.2. The average molecular weight is 363 g/mol. The number of piperidine rings is 1. The quantitative estimate of drug-likeness (QED) is 0.745. The Morgan fingerprint density at radius 1 is 1.12 bits per heavy atom. The van der Waals surface area contributed by atoms with Crippen molar-refractivity contribution in [3.63, 3.8) is 0 Å². The van der Waals surface area contributed by atoms with Gasteiger partial charge in [0.05, 0.1) is 6.33 Å². The fraction of sp³-hybridized carbons (Fsp3) is 0.375. The summed E-state index contributed by atoms with van der Waals surface area (Å²) in [5, 5.41) is 3.41. The van der Waals surface area contributed by atoms with Crippen LogP contribution < -0.4 is 10.2 Å². The minimum atomic E-state index is -4.57. The molecular weight excluding hydrogens is 347 g/mol. The Hall–Kier alpha value is -2.91. The number of H-pyrrole nitrogens is 1. The number of nitrogens with zero attached hydrogens (tertiary/aromatic N) is 5. The van der Waals surface area contributed by atoms with Gasteiger partial charge in [0, 0.05) is 37.2 Å². The summed E-state index contributed by atoms with van der Waals surface area (Å²) < 4.78 is 39.8. The van der Waals surface area contributed by atoms with Crippen LogP contribution in [0, 0.1) is 0 Å². The summed E-state index contributed by atoms with van der Waals surface area (Å²) in [4.78, 5) is 20.0. The fourth-order valence-corrected chi connectivity index (χ4v) is 3.08. The Labute approximate surface area is 146 Å². The van der Waals surface area contributed by atoms with Crippen molar-refractivity contribution in [3.8, 4) is 0 Å². The molecular formula is C16H16F3N7. The van der Waals surface area contributed by atoms with Crippen molar-refractivity contribution in [1.29, 1.82) is 0 Å². The molecule has 4 heterocycles. The van der Waals surface area contributed by atoms with Crippen molar-refractivity contribution in [2.24, 2.45) is 0 Å². The van der Waals surface area contributed by atoms with Crippen LogP contribution >= 0.6 is 0 Å². The van der Waals surface area contributed by atoms with Crippen LogP contribution in [0.15, 0.2) is 30.9 Å². The van der Waals surface area contributed by atoms with E-state index >= 15 is 0 Å². The lowest BCUT2D eigenvalue weighted by molar-refractivity contribution is -0.139. The summed E-state index contributed by atoms with van der Waals surface area (Å²) in [5.41, 5.74) is -0.158. The number of anilines is 2. The molecule has 26 heavy (non-hydrogen) atoms. The van der Waals surface area contributed by atoms with Crippen molar-refractivity contribution in [1.82, 2.24) is 24.9 Å². The van der Waals surface area contributed by atoms with Gasteiger partial charge in [-0.1, -0.05) is 0 Å². The molecule has 0 unspecified atom stereocenters. The number of halogens is 3. The third kappa shape index (κ3) is 3.26. The molecule has 2 N–H and O–H groups in total. The molecule has 3 aromatic rings. The third-order valence-electron chi connectivity index (χ3n) is 4.37. The second-order valence-electron chi connectivity index (χ2n) is 6.11. The van der Waals surface area contributed by atoms with Crippen molar-refractivity contribution in [2.75, 3.05) is 23.3 Å². The summed E-state index contributed by atoms with van der Waals surface area (Å²) in [6.45, 7) is 1.13. The molecule has 0 bridgehead atoms. The molecule has 1 aliphatic heterocycles. The predicted molar refractivity (Wildman–Crippen MR) is 89.8 cm³/mol. The Morgan fingerprint density at radius 3 is 2.54 bits per heavy atom. The number of aromatic amines is 1. The van der Waals surface area contributed by atoms with E-state index in [2.05, 4.69) is 30.2 Å². The van der Waals surface area contributed by atoms with Gasteiger partial charge < -0.3 is 15.2 Å². The van der Waals surface area contributed by atoms with E-state index in [0.29, 0.717) is 13.1 Å². The van der Waals surface area contributed by atoms with Crippen molar-refractivity contribution >= 4 is 22.8 Å². The first-order valence-corrected chi connectivity index (χ1v) is 8.20. The van der Waals surface area contributed by atoms with Gasteiger partial charge in [0.1, 0.15) is 5.52 Å². The van der Waals surface area contributed by atoms with Crippen molar-refractivity contribution < 1.29 is 13.2 Å². The van der Waals surface area contributed by atoms with Crippen LogP contribution in [0.2, 0.25) is 0 Å². The largest absolute Gasteiger partial charge is 0.435 e. The van der Waals surface area contributed by atoms with E-state index in [4.69, 9.17) is 0 Å². The summed E-state index contributed by atoms with van der Waals surface area (Å²) in [7, 11) is 0. The average Bonchev–Trinajstić information content (AvgIpc) is 3.10. The summed E-state index contributed by atoms with van der Waals surface area (Å²) >= 11 is 0. The molecule has 0 aromatic carbocycles. The van der Waals surface area contributed by atoms with E-state index in [0.717, 1.165) is 18.5 Å². The zero-order valence-electron chi connectivity index (χ0n) is 13.7. The van der Waals surface area contributed by atoms with Gasteiger partial charge in [-0.15, -0.1) is 0 Å². The van der Waals surface area contributed by atoms with Crippen LogP contribution in [0.1, 0.15) is 18.5 Å².